The molecular weight excluding hydrogens is 569 g/mol. The Morgan fingerprint density at radius 3 is 2.59 bits per heavy atom. The molecule has 0 aliphatic rings. The zero-order valence-corrected chi connectivity index (χ0v) is 25.5. The molecule has 4 aromatic rings. The number of nitrogens with one attached hydrogen (secondary N) is 1. The minimum atomic E-state index is -1.99. The first-order valence-electron chi connectivity index (χ1n) is 13.0. The molecule has 0 bridgehead atoms. The number of anilines is 1. The largest absolute Gasteiger partial charge is 0.461 e. The monoisotopic (exact) mass is 601 g/mol. The number of ether oxygens (including phenoxy) is 2. The number of amides is 1. The summed E-state index contributed by atoms with van der Waals surface area (Å²) in [5.41, 5.74) is 0.381. The van der Waals surface area contributed by atoms with Gasteiger partial charge in [0, 0.05) is 6.20 Å². The van der Waals surface area contributed by atoms with Crippen LogP contribution in [0.2, 0.25) is 23.2 Å². The van der Waals surface area contributed by atoms with Crippen LogP contribution in [0.4, 0.5) is 10.2 Å². The molecule has 1 amide bonds. The first-order valence-corrected chi connectivity index (χ1v) is 16.3. The Morgan fingerprint density at radius 1 is 1.12 bits per heavy atom. The summed E-state index contributed by atoms with van der Waals surface area (Å²) in [6.07, 6.45) is 3.91. The molecular formula is C27H33ClFN7O4Si. The summed E-state index contributed by atoms with van der Waals surface area (Å²) in [4.78, 5) is 30.0. The van der Waals surface area contributed by atoms with E-state index in [1.807, 2.05) is 6.92 Å². The van der Waals surface area contributed by atoms with Crippen LogP contribution >= 0.6 is 11.6 Å². The average molecular weight is 602 g/mol. The fraction of sp³-hybridized carbons (Fsp3) is 0.407. The summed E-state index contributed by atoms with van der Waals surface area (Å²) >= 11 is 6.31. The molecule has 0 saturated heterocycles. The summed E-state index contributed by atoms with van der Waals surface area (Å²) in [5, 5.41) is 7.85. The molecule has 0 aromatic carbocycles. The SMILES string of the molecule is CC(CO[Si](C)(C)C(C)(C)C)OC[C@H](Oc1ncnc2c1cnn2-c1ncccc1Cl)C(=O)Nc1ccc(F)cn1. The van der Waals surface area contributed by atoms with Gasteiger partial charge in [-0.25, -0.2) is 24.3 Å². The van der Waals surface area contributed by atoms with Crippen LogP contribution in [0.15, 0.2) is 49.2 Å². The van der Waals surface area contributed by atoms with Gasteiger partial charge in [0.2, 0.25) is 12.0 Å². The van der Waals surface area contributed by atoms with Crippen molar-refractivity contribution in [1.82, 2.24) is 29.7 Å². The quantitative estimate of drug-likeness (QED) is 0.230. The van der Waals surface area contributed by atoms with Gasteiger partial charge in [-0.1, -0.05) is 32.4 Å². The van der Waals surface area contributed by atoms with E-state index in [9.17, 15) is 9.18 Å². The highest BCUT2D eigenvalue weighted by Gasteiger charge is 2.37. The van der Waals surface area contributed by atoms with Crippen molar-refractivity contribution in [2.45, 2.75) is 58.0 Å². The lowest BCUT2D eigenvalue weighted by Gasteiger charge is -2.37. The third-order valence-electron chi connectivity index (χ3n) is 6.81. The van der Waals surface area contributed by atoms with Gasteiger partial charge in [0.1, 0.15) is 23.3 Å². The van der Waals surface area contributed by atoms with E-state index in [0.717, 1.165) is 6.20 Å². The molecule has 14 heteroatoms. The van der Waals surface area contributed by atoms with E-state index in [1.165, 1.54) is 29.3 Å². The van der Waals surface area contributed by atoms with Gasteiger partial charge in [0.25, 0.3) is 5.91 Å². The van der Waals surface area contributed by atoms with Crippen molar-refractivity contribution in [3.63, 3.8) is 0 Å². The van der Waals surface area contributed by atoms with Crippen LogP contribution in [-0.4, -0.2) is 69.4 Å². The molecule has 0 aliphatic heterocycles. The van der Waals surface area contributed by atoms with Crippen LogP contribution in [0.1, 0.15) is 27.7 Å². The van der Waals surface area contributed by atoms with Crippen LogP contribution in [-0.2, 0) is 14.0 Å². The van der Waals surface area contributed by atoms with Crippen LogP contribution in [0, 0.1) is 5.82 Å². The van der Waals surface area contributed by atoms with Crippen molar-refractivity contribution in [3.05, 3.63) is 60.0 Å². The Labute approximate surface area is 243 Å². The molecule has 1 N–H and O–H groups in total. The van der Waals surface area contributed by atoms with Crippen LogP contribution in [0.25, 0.3) is 16.9 Å². The van der Waals surface area contributed by atoms with E-state index in [-0.39, 0.29) is 29.4 Å². The standard InChI is InChI=1S/C27H33ClFN7O4Si/c1-17(14-39-41(5,6)27(2,3)4)38-15-21(25(37)35-22-10-9-18(29)12-31-22)40-26-19-13-34-36(23(19)32-16-33-26)24-20(28)8-7-11-30-24/h7-13,16-17,21H,14-15H2,1-6H3,(H,31,35,37)/t17?,21-/m0/s1. The first-order chi connectivity index (χ1) is 19.4. The van der Waals surface area contributed by atoms with Gasteiger partial charge in [0.15, 0.2) is 19.8 Å². The minimum Gasteiger partial charge on any atom is -0.461 e. The number of pyridine rings is 2. The van der Waals surface area contributed by atoms with Gasteiger partial charge in [0.05, 0.1) is 36.7 Å². The maximum absolute atomic E-state index is 13.3. The van der Waals surface area contributed by atoms with E-state index in [0.29, 0.717) is 28.5 Å². The van der Waals surface area contributed by atoms with Gasteiger partial charge in [-0.3, -0.25) is 4.79 Å². The molecule has 0 radical (unpaired) electrons. The van der Waals surface area contributed by atoms with E-state index in [2.05, 4.69) is 64.2 Å². The second kappa shape index (κ2) is 12.6. The van der Waals surface area contributed by atoms with Gasteiger partial charge >= 0.3 is 0 Å². The molecule has 4 rings (SSSR count). The van der Waals surface area contributed by atoms with Gasteiger partial charge in [-0.05, 0) is 49.3 Å². The van der Waals surface area contributed by atoms with Crippen molar-refractivity contribution in [3.8, 4) is 11.7 Å². The number of rotatable bonds is 11. The smallest absolute Gasteiger partial charge is 0.269 e. The van der Waals surface area contributed by atoms with E-state index >= 15 is 0 Å². The maximum atomic E-state index is 13.3. The van der Waals surface area contributed by atoms with Gasteiger partial charge in [-0.2, -0.15) is 9.78 Å². The van der Waals surface area contributed by atoms with Crippen molar-refractivity contribution in [1.29, 1.82) is 0 Å². The molecule has 0 spiro atoms. The van der Waals surface area contributed by atoms with Crippen molar-refractivity contribution < 1.29 is 23.1 Å². The molecule has 2 atom stereocenters. The Bertz CT molecular complexity index is 1500. The topological polar surface area (TPSA) is 126 Å². The van der Waals surface area contributed by atoms with E-state index in [1.54, 1.807) is 18.3 Å². The van der Waals surface area contributed by atoms with Crippen LogP contribution in [0.5, 0.6) is 5.88 Å². The number of hydrogen-bond donors (Lipinski definition) is 1. The number of aromatic nitrogens is 6. The molecule has 11 nitrogen and oxygen atoms in total. The summed E-state index contributed by atoms with van der Waals surface area (Å²) < 4.78 is 33.2. The number of fused-ring (bicyclic) bond motifs is 1. The predicted octanol–water partition coefficient (Wildman–Crippen LogP) is 5.21. The predicted molar refractivity (Wildman–Crippen MR) is 155 cm³/mol. The molecule has 0 aliphatic carbocycles. The van der Waals surface area contributed by atoms with Crippen molar-refractivity contribution >= 4 is 42.7 Å². The Hall–Kier alpha value is -3.52. The lowest BCUT2D eigenvalue weighted by molar-refractivity contribution is -0.127. The van der Waals surface area contributed by atoms with E-state index < -0.39 is 26.1 Å². The third-order valence-corrected chi connectivity index (χ3v) is 11.6. The highest BCUT2D eigenvalue weighted by molar-refractivity contribution is 6.74. The molecule has 4 heterocycles. The average Bonchev–Trinajstić information content (AvgIpc) is 3.35. The molecule has 41 heavy (non-hydrogen) atoms. The number of nitrogens with zero attached hydrogens (tertiary/aromatic N) is 6. The minimum absolute atomic E-state index is 0.0444. The molecule has 218 valence electrons. The Balaban J connectivity index is 1.55. The fourth-order valence-electron chi connectivity index (χ4n) is 3.40. The Morgan fingerprint density at radius 2 is 1.90 bits per heavy atom. The summed E-state index contributed by atoms with van der Waals surface area (Å²) in [7, 11) is -1.99. The summed E-state index contributed by atoms with van der Waals surface area (Å²) in [5.74, 6) is -0.444. The lowest BCUT2D eigenvalue weighted by atomic mass is 10.2. The normalized spacial score (nSPS) is 13.7. The third kappa shape index (κ3) is 7.41. The van der Waals surface area contributed by atoms with Crippen LogP contribution < -0.4 is 10.1 Å². The molecule has 1 unspecified atom stereocenters. The highest BCUT2D eigenvalue weighted by atomic mass is 35.5. The number of carbonyl (C=O) groups is 1. The van der Waals surface area contributed by atoms with Crippen molar-refractivity contribution in [2.24, 2.45) is 0 Å². The van der Waals surface area contributed by atoms with Gasteiger partial charge in [-0.15, -0.1) is 0 Å². The van der Waals surface area contributed by atoms with E-state index in [4.69, 9.17) is 25.5 Å². The molecule has 0 saturated carbocycles. The highest BCUT2D eigenvalue weighted by Crippen LogP contribution is 2.36. The van der Waals surface area contributed by atoms with Crippen LogP contribution in [0.3, 0.4) is 0 Å². The number of hydrogen-bond acceptors (Lipinski definition) is 9. The second-order valence-electron chi connectivity index (χ2n) is 11.0. The number of halogens is 2. The lowest BCUT2D eigenvalue weighted by Crippen LogP contribution is -2.43. The summed E-state index contributed by atoms with van der Waals surface area (Å²) in [6, 6.07) is 5.94. The van der Waals surface area contributed by atoms with Crippen molar-refractivity contribution in [2.75, 3.05) is 18.5 Å². The fourth-order valence-corrected chi connectivity index (χ4v) is 4.69. The first kappa shape index (κ1) is 30.4. The zero-order valence-electron chi connectivity index (χ0n) is 23.8. The summed E-state index contributed by atoms with van der Waals surface area (Å²) in [6.45, 7) is 12.9. The number of carbonyl (C=O) groups excluding carboxylic acids is 1. The molecule has 0 fully saturated rings. The molecule has 4 aromatic heterocycles. The zero-order chi connectivity index (χ0) is 29.8. The maximum Gasteiger partial charge on any atom is 0.269 e. The Kier molecular flexibility index (Phi) is 9.32. The van der Waals surface area contributed by atoms with Gasteiger partial charge < -0.3 is 19.2 Å². The second-order valence-corrected chi connectivity index (χ2v) is 16.2.